The number of aromatic nitrogens is 2. The lowest BCUT2D eigenvalue weighted by Crippen LogP contribution is -2.16. The molecule has 1 aromatic carbocycles. The predicted octanol–water partition coefficient (Wildman–Crippen LogP) is 2.62. The summed E-state index contributed by atoms with van der Waals surface area (Å²) in [6, 6.07) is 6.16. The van der Waals surface area contributed by atoms with Gasteiger partial charge in [-0.25, -0.2) is 4.98 Å². The lowest BCUT2D eigenvalue weighted by Gasteiger charge is -2.10. The molecule has 0 aliphatic heterocycles. The van der Waals surface area contributed by atoms with Gasteiger partial charge in [-0.15, -0.1) is 0 Å². The molecular weight excluding hydrogens is 238 g/mol. The normalized spacial score (nSPS) is 13.4. The molecule has 0 saturated heterocycles. The first kappa shape index (κ1) is 12.0. The van der Waals surface area contributed by atoms with Crippen LogP contribution >= 0.6 is 0 Å². The van der Waals surface area contributed by atoms with Crippen molar-refractivity contribution >= 4 is 11.6 Å². The Hall–Kier alpha value is -2.10. The van der Waals surface area contributed by atoms with E-state index in [4.69, 9.17) is 0 Å². The molecule has 98 valence electrons. The fraction of sp³-hybridized carbons (Fsp3) is 0.333. The van der Waals surface area contributed by atoms with Gasteiger partial charge in [0.25, 0.3) is 5.56 Å². The number of hydrogen-bond acceptors (Lipinski definition) is 3. The number of anilines is 2. The first-order chi connectivity index (χ1) is 9.13. The Kier molecular flexibility index (Phi) is 2.85. The number of rotatable bonds is 2. The molecule has 4 nitrogen and oxygen atoms in total. The van der Waals surface area contributed by atoms with E-state index in [1.165, 1.54) is 5.56 Å². The van der Waals surface area contributed by atoms with Crippen molar-refractivity contribution in [1.82, 2.24) is 9.97 Å². The quantitative estimate of drug-likeness (QED) is 0.867. The minimum absolute atomic E-state index is 0.00485. The van der Waals surface area contributed by atoms with Crippen LogP contribution in [0.4, 0.5) is 11.6 Å². The number of nitrogens with zero attached hydrogens (tertiary/aromatic N) is 1. The van der Waals surface area contributed by atoms with Gasteiger partial charge in [-0.05, 0) is 44.7 Å². The Morgan fingerprint density at radius 2 is 2.11 bits per heavy atom. The molecular formula is C15H17N3O. The summed E-state index contributed by atoms with van der Waals surface area (Å²) in [6.07, 6.45) is 2.78. The summed E-state index contributed by atoms with van der Waals surface area (Å²) in [7, 11) is 0. The molecule has 2 aromatic rings. The summed E-state index contributed by atoms with van der Waals surface area (Å²) in [5.74, 6) is 0.539. The third-order valence-electron chi connectivity index (χ3n) is 3.58. The average Bonchev–Trinajstić information content (AvgIpc) is 2.81. The maximum atomic E-state index is 11.9. The van der Waals surface area contributed by atoms with Gasteiger partial charge in [-0.1, -0.05) is 17.7 Å². The second-order valence-electron chi connectivity index (χ2n) is 5.14. The van der Waals surface area contributed by atoms with Gasteiger partial charge in [-0.3, -0.25) is 9.78 Å². The van der Waals surface area contributed by atoms with E-state index in [0.29, 0.717) is 5.95 Å². The molecule has 0 fully saturated rings. The molecule has 1 aliphatic carbocycles. The van der Waals surface area contributed by atoms with E-state index in [1.54, 1.807) is 0 Å². The standard InChI is InChI=1S/C15H17N3O/c1-9-6-7-12(10(2)8-9)16-15-17-13-5-3-4-11(13)14(19)18-15/h6-8H,3-5H2,1-2H3,(H2,16,17,18,19). The summed E-state index contributed by atoms with van der Waals surface area (Å²) < 4.78 is 0. The third-order valence-corrected chi connectivity index (χ3v) is 3.58. The SMILES string of the molecule is Cc1ccc(Nc2nc3c(c(=O)[nH]2)CCC3)c(C)c1. The molecule has 1 aliphatic rings. The predicted molar refractivity (Wildman–Crippen MR) is 76.1 cm³/mol. The van der Waals surface area contributed by atoms with Gasteiger partial charge in [0.05, 0.1) is 5.69 Å². The summed E-state index contributed by atoms with van der Waals surface area (Å²) in [5, 5.41) is 3.20. The monoisotopic (exact) mass is 255 g/mol. The van der Waals surface area contributed by atoms with Crippen LogP contribution in [0.3, 0.4) is 0 Å². The van der Waals surface area contributed by atoms with E-state index in [1.807, 2.05) is 19.1 Å². The highest BCUT2D eigenvalue weighted by Gasteiger charge is 2.17. The minimum Gasteiger partial charge on any atom is -0.325 e. The Morgan fingerprint density at radius 3 is 2.89 bits per heavy atom. The first-order valence-electron chi connectivity index (χ1n) is 6.60. The van der Waals surface area contributed by atoms with Gasteiger partial charge in [0.1, 0.15) is 0 Å². The molecule has 0 bridgehead atoms. The van der Waals surface area contributed by atoms with Crippen molar-refractivity contribution in [3.05, 3.63) is 50.9 Å². The van der Waals surface area contributed by atoms with Crippen molar-refractivity contribution in [2.75, 3.05) is 5.32 Å². The lowest BCUT2D eigenvalue weighted by atomic mass is 10.1. The van der Waals surface area contributed by atoms with Gasteiger partial charge in [0.15, 0.2) is 0 Å². The van der Waals surface area contributed by atoms with Crippen molar-refractivity contribution in [2.45, 2.75) is 33.1 Å². The Bertz CT molecular complexity index is 688. The second-order valence-corrected chi connectivity index (χ2v) is 5.14. The first-order valence-corrected chi connectivity index (χ1v) is 6.60. The zero-order chi connectivity index (χ0) is 13.4. The van der Waals surface area contributed by atoms with Gasteiger partial charge in [-0.2, -0.15) is 0 Å². The Labute approximate surface area is 111 Å². The van der Waals surface area contributed by atoms with Crippen LogP contribution in [0, 0.1) is 13.8 Å². The molecule has 0 spiro atoms. The average molecular weight is 255 g/mol. The topological polar surface area (TPSA) is 57.8 Å². The van der Waals surface area contributed by atoms with E-state index in [0.717, 1.165) is 41.8 Å². The Morgan fingerprint density at radius 1 is 1.26 bits per heavy atom. The molecule has 0 amide bonds. The molecule has 1 aromatic heterocycles. The third kappa shape index (κ3) is 2.26. The molecule has 0 atom stereocenters. The van der Waals surface area contributed by atoms with Crippen LogP contribution in [0.15, 0.2) is 23.0 Å². The number of aromatic amines is 1. The lowest BCUT2D eigenvalue weighted by molar-refractivity contribution is 0.899. The largest absolute Gasteiger partial charge is 0.325 e. The van der Waals surface area contributed by atoms with Crippen molar-refractivity contribution in [3.8, 4) is 0 Å². The molecule has 4 heteroatoms. The summed E-state index contributed by atoms with van der Waals surface area (Å²) in [5.41, 5.74) is 5.13. The van der Waals surface area contributed by atoms with Gasteiger partial charge < -0.3 is 5.32 Å². The van der Waals surface area contributed by atoms with Crippen LogP contribution in [-0.4, -0.2) is 9.97 Å². The zero-order valence-corrected chi connectivity index (χ0v) is 11.2. The van der Waals surface area contributed by atoms with E-state index in [2.05, 4.69) is 28.3 Å². The Balaban J connectivity index is 1.96. The highest BCUT2D eigenvalue weighted by atomic mass is 16.1. The summed E-state index contributed by atoms with van der Waals surface area (Å²) in [6.45, 7) is 4.10. The van der Waals surface area contributed by atoms with Crippen LogP contribution in [0.25, 0.3) is 0 Å². The van der Waals surface area contributed by atoms with E-state index >= 15 is 0 Å². The van der Waals surface area contributed by atoms with E-state index in [9.17, 15) is 4.79 Å². The maximum absolute atomic E-state index is 11.9. The van der Waals surface area contributed by atoms with E-state index in [-0.39, 0.29) is 5.56 Å². The van der Waals surface area contributed by atoms with E-state index < -0.39 is 0 Å². The second kappa shape index (κ2) is 4.53. The van der Waals surface area contributed by atoms with Crippen molar-refractivity contribution < 1.29 is 0 Å². The number of hydrogen-bond donors (Lipinski definition) is 2. The maximum Gasteiger partial charge on any atom is 0.255 e. The molecule has 0 radical (unpaired) electrons. The number of aryl methyl sites for hydroxylation is 3. The molecule has 1 heterocycles. The van der Waals surface area contributed by atoms with Crippen molar-refractivity contribution in [2.24, 2.45) is 0 Å². The molecule has 3 rings (SSSR count). The van der Waals surface area contributed by atoms with Crippen LogP contribution in [0.2, 0.25) is 0 Å². The van der Waals surface area contributed by atoms with Crippen LogP contribution in [0.1, 0.15) is 28.8 Å². The zero-order valence-electron chi connectivity index (χ0n) is 11.2. The van der Waals surface area contributed by atoms with Gasteiger partial charge >= 0.3 is 0 Å². The highest BCUT2D eigenvalue weighted by Crippen LogP contribution is 2.21. The number of H-pyrrole nitrogens is 1. The molecule has 0 saturated carbocycles. The van der Waals surface area contributed by atoms with Crippen LogP contribution in [-0.2, 0) is 12.8 Å². The van der Waals surface area contributed by atoms with Crippen LogP contribution < -0.4 is 10.9 Å². The number of benzene rings is 1. The highest BCUT2D eigenvalue weighted by molar-refractivity contribution is 5.59. The van der Waals surface area contributed by atoms with Gasteiger partial charge in [0, 0.05) is 11.3 Å². The van der Waals surface area contributed by atoms with Crippen molar-refractivity contribution in [1.29, 1.82) is 0 Å². The van der Waals surface area contributed by atoms with Crippen LogP contribution in [0.5, 0.6) is 0 Å². The summed E-state index contributed by atoms with van der Waals surface area (Å²) >= 11 is 0. The minimum atomic E-state index is -0.00485. The number of fused-ring (bicyclic) bond motifs is 1. The molecule has 2 N–H and O–H groups in total. The summed E-state index contributed by atoms with van der Waals surface area (Å²) in [4.78, 5) is 19.3. The molecule has 0 unspecified atom stereocenters. The van der Waals surface area contributed by atoms with Crippen molar-refractivity contribution in [3.63, 3.8) is 0 Å². The smallest absolute Gasteiger partial charge is 0.255 e. The number of nitrogens with one attached hydrogen (secondary N) is 2. The van der Waals surface area contributed by atoms with Gasteiger partial charge in [0.2, 0.25) is 5.95 Å². The fourth-order valence-corrected chi connectivity index (χ4v) is 2.58. The molecule has 19 heavy (non-hydrogen) atoms. The fourth-order valence-electron chi connectivity index (χ4n) is 2.58.